The van der Waals surface area contributed by atoms with Gasteiger partial charge in [-0.15, -0.1) is 10.2 Å². The van der Waals surface area contributed by atoms with Crippen LogP contribution in [0.4, 0.5) is 18.3 Å². The van der Waals surface area contributed by atoms with Crippen LogP contribution in [0.15, 0.2) is 53.0 Å². The second-order valence-electron chi connectivity index (χ2n) is 7.09. The minimum absolute atomic E-state index is 0.0121. The van der Waals surface area contributed by atoms with Crippen molar-refractivity contribution in [2.24, 2.45) is 0 Å². The van der Waals surface area contributed by atoms with Gasteiger partial charge in [-0.3, -0.25) is 9.59 Å². The van der Waals surface area contributed by atoms with Crippen molar-refractivity contribution in [1.82, 2.24) is 15.1 Å². The molecule has 6 nitrogen and oxygen atoms in total. The molecule has 0 fully saturated rings. The van der Waals surface area contributed by atoms with Crippen LogP contribution in [-0.4, -0.2) is 40.0 Å². The maximum atomic E-state index is 12.8. The lowest BCUT2D eigenvalue weighted by molar-refractivity contribution is -0.137. The number of carbonyl (C=O) groups excluding carboxylic acids is 2. The average Bonchev–Trinajstić information content (AvgIpc) is 3.24. The molecular weight excluding hydrogens is 521 g/mol. The van der Waals surface area contributed by atoms with Gasteiger partial charge in [0.25, 0.3) is 5.91 Å². The van der Waals surface area contributed by atoms with Gasteiger partial charge in [0, 0.05) is 35.1 Å². The number of amides is 2. The minimum Gasteiger partial charge on any atom is -0.338 e. The Morgan fingerprint density at radius 2 is 1.82 bits per heavy atom. The molecule has 0 aliphatic rings. The lowest BCUT2D eigenvalue weighted by Crippen LogP contribution is -2.34. The van der Waals surface area contributed by atoms with Crippen molar-refractivity contribution in [3.63, 3.8) is 0 Å². The van der Waals surface area contributed by atoms with Gasteiger partial charge in [-0.1, -0.05) is 46.3 Å². The number of nitrogens with one attached hydrogen (secondary N) is 1. The molecule has 1 N–H and O–H groups in total. The molecule has 0 bridgehead atoms. The van der Waals surface area contributed by atoms with Gasteiger partial charge in [-0.2, -0.15) is 13.2 Å². The molecule has 0 atom stereocenters. The summed E-state index contributed by atoms with van der Waals surface area (Å²) in [4.78, 5) is 26.6. The molecule has 0 saturated carbocycles. The fourth-order valence-corrected chi connectivity index (χ4v) is 4.15. The maximum absolute atomic E-state index is 12.8. The van der Waals surface area contributed by atoms with Crippen molar-refractivity contribution in [2.75, 3.05) is 18.4 Å². The zero-order valence-electron chi connectivity index (χ0n) is 17.5. The minimum atomic E-state index is -4.47. The monoisotopic (exact) mass is 540 g/mol. The second kappa shape index (κ2) is 10.9. The zero-order valence-corrected chi connectivity index (χ0v) is 19.9. The molecule has 0 aliphatic carbocycles. The van der Waals surface area contributed by atoms with Gasteiger partial charge in [-0.25, -0.2) is 0 Å². The Bertz CT molecular complexity index is 1120. The molecule has 33 heavy (non-hydrogen) atoms. The van der Waals surface area contributed by atoms with Crippen LogP contribution in [0.1, 0.15) is 35.7 Å². The van der Waals surface area contributed by atoms with Crippen LogP contribution in [-0.2, 0) is 11.0 Å². The van der Waals surface area contributed by atoms with Crippen molar-refractivity contribution in [3.8, 4) is 10.6 Å². The average molecular weight is 541 g/mol. The van der Waals surface area contributed by atoms with E-state index in [4.69, 9.17) is 0 Å². The van der Waals surface area contributed by atoms with Crippen LogP contribution in [0.25, 0.3) is 10.6 Å². The van der Waals surface area contributed by atoms with E-state index in [1.165, 1.54) is 16.2 Å². The zero-order chi connectivity index (χ0) is 24.0. The lowest BCUT2D eigenvalue weighted by Gasteiger charge is -2.22. The molecule has 3 aromatic rings. The van der Waals surface area contributed by atoms with Crippen molar-refractivity contribution in [1.29, 1.82) is 0 Å². The molecule has 2 amide bonds. The Labute approximate surface area is 201 Å². The summed E-state index contributed by atoms with van der Waals surface area (Å²) in [6, 6.07) is 11.6. The van der Waals surface area contributed by atoms with E-state index in [1.807, 2.05) is 31.2 Å². The Balaban J connectivity index is 1.59. The Morgan fingerprint density at radius 1 is 1.09 bits per heavy atom. The smallest absolute Gasteiger partial charge is 0.338 e. The van der Waals surface area contributed by atoms with Gasteiger partial charge in [0.05, 0.1) is 5.56 Å². The third-order valence-corrected chi connectivity index (χ3v) is 5.97. The fourth-order valence-electron chi connectivity index (χ4n) is 3.00. The number of halogens is 4. The first-order valence-electron chi connectivity index (χ1n) is 10.0. The molecule has 174 valence electrons. The Morgan fingerprint density at radius 3 is 2.45 bits per heavy atom. The number of alkyl halides is 3. The number of benzene rings is 2. The van der Waals surface area contributed by atoms with E-state index in [-0.39, 0.29) is 24.4 Å². The fraction of sp³-hybridized carbons (Fsp3) is 0.273. The SMILES string of the molecule is CCCN(CCC(=O)Nc1nnc(-c2cccc(Br)c2)s1)C(=O)c1ccc(C(F)(F)F)cc1. The molecule has 0 aliphatic heterocycles. The summed E-state index contributed by atoms with van der Waals surface area (Å²) in [5, 5.41) is 11.7. The highest BCUT2D eigenvalue weighted by molar-refractivity contribution is 9.10. The number of carbonyl (C=O) groups is 2. The molecule has 3 rings (SSSR count). The summed E-state index contributed by atoms with van der Waals surface area (Å²) in [7, 11) is 0. The van der Waals surface area contributed by atoms with E-state index in [2.05, 4.69) is 31.4 Å². The van der Waals surface area contributed by atoms with Gasteiger partial charge < -0.3 is 10.2 Å². The molecule has 0 spiro atoms. The van der Waals surface area contributed by atoms with Crippen molar-refractivity contribution < 1.29 is 22.8 Å². The summed E-state index contributed by atoms with van der Waals surface area (Å²) < 4.78 is 39.2. The number of hydrogen-bond donors (Lipinski definition) is 1. The molecule has 0 saturated heterocycles. The first-order valence-corrected chi connectivity index (χ1v) is 11.6. The van der Waals surface area contributed by atoms with Crippen LogP contribution in [0, 0.1) is 0 Å². The highest BCUT2D eigenvalue weighted by Gasteiger charge is 2.30. The highest BCUT2D eigenvalue weighted by Crippen LogP contribution is 2.30. The number of rotatable bonds is 8. The first-order chi connectivity index (χ1) is 15.7. The molecule has 2 aromatic carbocycles. The van der Waals surface area contributed by atoms with Gasteiger partial charge in [0.15, 0.2) is 0 Å². The summed E-state index contributed by atoms with van der Waals surface area (Å²) in [5.74, 6) is -0.764. The molecule has 1 heterocycles. The highest BCUT2D eigenvalue weighted by atomic mass is 79.9. The Kier molecular flexibility index (Phi) is 8.20. The predicted molar refractivity (Wildman–Crippen MR) is 124 cm³/mol. The largest absolute Gasteiger partial charge is 0.416 e. The van der Waals surface area contributed by atoms with Crippen LogP contribution >= 0.6 is 27.3 Å². The van der Waals surface area contributed by atoms with Gasteiger partial charge in [-0.05, 0) is 42.8 Å². The third kappa shape index (κ3) is 6.84. The van der Waals surface area contributed by atoms with E-state index in [0.717, 1.165) is 34.3 Å². The van der Waals surface area contributed by atoms with Crippen LogP contribution in [0.2, 0.25) is 0 Å². The van der Waals surface area contributed by atoms with Crippen molar-refractivity contribution >= 4 is 44.2 Å². The molecule has 0 radical (unpaired) electrons. The van der Waals surface area contributed by atoms with Crippen LogP contribution < -0.4 is 5.32 Å². The van der Waals surface area contributed by atoms with E-state index >= 15 is 0 Å². The number of anilines is 1. The van der Waals surface area contributed by atoms with E-state index in [1.54, 1.807) is 0 Å². The quantitative estimate of drug-likeness (QED) is 0.387. The molecule has 1 aromatic heterocycles. The second-order valence-corrected chi connectivity index (χ2v) is 8.98. The standard InChI is InChI=1S/C22H20BrF3N4O2S/c1-2-11-30(20(32)14-6-8-16(9-7-14)22(24,25)26)12-10-18(31)27-21-29-28-19(33-21)15-4-3-5-17(23)13-15/h3-9,13H,2,10-12H2,1H3,(H,27,29,31). The van der Waals surface area contributed by atoms with E-state index in [9.17, 15) is 22.8 Å². The first kappa shape index (κ1) is 24.8. The van der Waals surface area contributed by atoms with Gasteiger partial charge in [0.2, 0.25) is 11.0 Å². The van der Waals surface area contributed by atoms with E-state index in [0.29, 0.717) is 23.1 Å². The lowest BCUT2D eigenvalue weighted by atomic mass is 10.1. The van der Waals surface area contributed by atoms with Crippen molar-refractivity contribution in [2.45, 2.75) is 25.9 Å². The summed E-state index contributed by atoms with van der Waals surface area (Å²) in [5.41, 5.74) is 0.179. The third-order valence-electron chi connectivity index (χ3n) is 4.59. The summed E-state index contributed by atoms with van der Waals surface area (Å²) >= 11 is 4.62. The van der Waals surface area contributed by atoms with E-state index < -0.39 is 17.6 Å². The van der Waals surface area contributed by atoms with Crippen LogP contribution in [0.3, 0.4) is 0 Å². The molecular formula is C22H20BrF3N4O2S. The van der Waals surface area contributed by atoms with Crippen molar-refractivity contribution in [3.05, 3.63) is 64.1 Å². The van der Waals surface area contributed by atoms with Gasteiger partial charge >= 0.3 is 6.18 Å². The Hall–Kier alpha value is -2.79. The van der Waals surface area contributed by atoms with Crippen LogP contribution in [0.5, 0.6) is 0 Å². The molecule has 11 heteroatoms. The van der Waals surface area contributed by atoms with Gasteiger partial charge in [0.1, 0.15) is 5.01 Å². The summed E-state index contributed by atoms with van der Waals surface area (Å²) in [6.45, 7) is 2.37. The number of nitrogens with zero attached hydrogens (tertiary/aromatic N) is 3. The maximum Gasteiger partial charge on any atom is 0.416 e. The number of hydrogen-bond acceptors (Lipinski definition) is 5. The normalized spacial score (nSPS) is 11.3. The topological polar surface area (TPSA) is 75.2 Å². The summed E-state index contributed by atoms with van der Waals surface area (Å²) in [6.07, 6.45) is -3.82. The molecule has 0 unspecified atom stereocenters. The number of aromatic nitrogens is 2. The predicted octanol–water partition coefficient (Wildman–Crippen LogP) is 5.87.